The molecule has 1 aromatic rings. The number of nitrogens with two attached hydrogens (primary N) is 1. The van der Waals surface area contributed by atoms with Gasteiger partial charge in [0.05, 0.1) is 5.69 Å². The molecule has 1 aliphatic carbocycles. The van der Waals surface area contributed by atoms with Crippen molar-refractivity contribution < 1.29 is 9.18 Å². The molecule has 0 radical (unpaired) electrons. The molecule has 1 aromatic carbocycles. The number of nitrogens with one attached hydrogen (secondary N) is 1. The van der Waals surface area contributed by atoms with Crippen LogP contribution in [-0.4, -0.2) is 12.5 Å². The Kier molecular flexibility index (Phi) is 3.61. The maximum absolute atomic E-state index is 12.9. The summed E-state index contributed by atoms with van der Waals surface area (Å²) in [6.45, 7) is 0.673. The lowest BCUT2D eigenvalue weighted by Gasteiger charge is -2.05. The first-order valence-electron chi connectivity index (χ1n) is 6.00. The second-order valence-electron chi connectivity index (χ2n) is 4.58. The molecule has 0 saturated heterocycles. The minimum Gasteiger partial charge on any atom is -0.396 e. The lowest BCUT2D eigenvalue weighted by molar-refractivity contribution is 0.0953. The molecule has 3 N–H and O–H groups in total. The van der Waals surface area contributed by atoms with E-state index in [4.69, 9.17) is 5.73 Å². The topological polar surface area (TPSA) is 55.1 Å². The fourth-order valence-electron chi connectivity index (χ4n) is 1.79. The van der Waals surface area contributed by atoms with Crippen molar-refractivity contribution >= 4 is 11.6 Å². The molecule has 1 amide bonds. The summed E-state index contributed by atoms with van der Waals surface area (Å²) in [5.41, 5.74) is 5.83. The number of rotatable bonds is 5. The number of carbonyl (C=O) groups is 1. The molecule has 4 heteroatoms. The normalized spacial score (nSPS) is 14.6. The Morgan fingerprint density at radius 2 is 2.24 bits per heavy atom. The summed E-state index contributed by atoms with van der Waals surface area (Å²) >= 11 is 0. The number of hydrogen-bond donors (Lipinski definition) is 2. The van der Waals surface area contributed by atoms with Crippen molar-refractivity contribution in [2.75, 3.05) is 12.3 Å². The van der Waals surface area contributed by atoms with E-state index in [0.29, 0.717) is 12.1 Å². The third-order valence-corrected chi connectivity index (χ3v) is 3.03. The predicted molar refractivity (Wildman–Crippen MR) is 65.1 cm³/mol. The van der Waals surface area contributed by atoms with Gasteiger partial charge in [0.15, 0.2) is 0 Å². The van der Waals surface area contributed by atoms with Crippen molar-refractivity contribution in [3.8, 4) is 0 Å². The minimum absolute atomic E-state index is 0.00984. The van der Waals surface area contributed by atoms with Crippen molar-refractivity contribution in [2.24, 2.45) is 5.92 Å². The van der Waals surface area contributed by atoms with E-state index in [2.05, 4.69) is 5.32 Å². The van der Waals surface area contributed by atoms with Gasteiger partial charge in [-0.25, -0.2) is 4.39 Å². The Morgan fingerprint density at radius 1 is 1.47 bits per heavy atom. The van der Waals surface area contributed by atoms with Crippen molar-refractivity contribution in [3.05, 3.63) is 29.6 Å². The summed E-state index contributed by atoms with van der Waals surface area (Å²) in [6.07, 6.45) is 4.86. The smallest absolute Gasteiger partial charge is 0.251 e. The molecule has 92 valence electrons. The number of nitrogen functional groups attached to an aromatic ring is 1. The van der Waals surface area contributed by atoms with Gasteiger partial charge in [-0.1, -0.05) is 12.8 Å². The van der Waals surface area contributed by atoms with Crippen LogP contribution in [0, 0.1) is 11.7 Å². The summed E-state index contributed by atoms with van der Waals surface area (Å²) in [4.78, 5) is 11.7. The van der Waals surface area contributed by atoms with Crippen LogP contribution >= 0.6 is 0 Å². The van der Waals surface area contributed by atoms with E-state index < -0.39 is 5.82 Å². The highest BCUT2D eigenvalue weighted by Crippen LogP contribution is 2.33. The molecular weight excluding hydrogens is 219 g/mol. The third kappa shape index (κ3) is 3.44. The molecule has 0 heterocycles. The van der Waals surface area contributed by atoms with Gasteiger partial charge in [-0.05, 0) is 37.0 Å². The van der Waals surface area contributed by atoms with Crippen molar-refractivity contribution in [2.45, 2.75) is 25.7 Å². The molecule has 1 aliphatic rings. The molecular formula is C13H17FN2O. The van der Waals surface area contributed by atoms with Crippen LogP contribution in [0.5, 0.6) is 0 Å². The number of halogens is 1. The summed E-state index contributed by atoms with van der Waals surface area (Å²) in [7, 11) is 0. The fourth-order valence-corrected chi connectivity index (χ4v) is 1.79. The second-order valence-corrected chi connectivity index (χ2v) is 4.58. The number of carbonyl (C=O) groups excluding carboxylic acids is 1. The third-order valence-electron chi connectivity index (χ3n) is 3.03. The molecule has 17 heavy (non-hydrogen) atoms. The Morgan fingerprint density at radius 3 is 2.88 bits per heavy atom. The van der Waals surface area contributed by atoms with Gasteiger partial charge in [0.1, 0.15) is 5.82 Å². The average Bonchev–Trinajstić information content (AvgIpc) is 3.12. The summed E-state index contributed by atoms with van der Waals surface area (Å²) < 4.78 is 12.9. The van der Waals surface area contributed by atoms with Crippen LogP contribution in [0.2, 0.25) is 0 Å². The maximum atomic E-state index is 12.9. The standard InChI is InChI=1S/C13H17FN2O/c14-11-6-5-10(8-12(11)15)13(17)16-7-1-2-9-3-4-9/h5-6,8-9H,1-4,7,15H2,(H,16,17). The van der Waals surface area contributed by atoms with Gasteiger partial charge in [-0.15, -0.1) is 0 Å². The van der Waals surface area contributed by atoms with E-state index in [0.717, 1.165) is 12.3 Å². The van der Waals surface area contributed by atoms with E-state index in [1.165, 1.54) is 37.5 Å². The highest BCUT2D eigenvalue weighted by molar-refractivity contribution is 5.94. The first-order valence-corrected chi connectivity index (χ1v) is 6.00. The Hall–Kier alpha value is -1.58. The van der Waals surface area contributed by atoms with Gasteiger partial charge in [0, 0.05) is 12.1 Å². The van der Waals surface area contributed by atoms with E-state index in [1.54, 1.807) is 0 Å². The van der Waals surface area contributed by atoms with E-state index >= 15 is 0 Å². The molecule has 3 nitrogen and oxygen atoms in total. The van der Waals surface area contributed by atoms with Gasteiger partial charge < -0.3 is 11.1 Å². The quantitative estimate of drug-likeness (QED) is 0.609. The molecule has 1 saturated carbocycles. The first-order chi connectivity index (χ1) is 8.16. The zero-order valence-electron chi connectivity index (χ0n) is 9.71. The molecule has 0 bridgehead atoms. The number of amides is 1. The van der Waals surface area contributed by atoms with Crippen LogP contribution in [0.25, 0.3) is 0 Å². The summed E-state index contributed by atoms with van der Waals surface area (Å²) in [5, 5.41) is 2.81. The van der Waals surface area contributed by atoms with Gasteiger partial charge in [0.2, 0.25) is 0 Å². The second kappa shape index (κ2) is 5.17. The zero-order chi connectivity index (χ0) is 12.3. The predicted octanol–water partition coefficient (Wildman–Crippen LogP) is 2.33. The fraction of sp³-hybridized carbons (Fsp3) is 0.462. The van der Waals surface area contributed by atoms with Crippen LogP contribution in [0.4, 0.5) is 10.1 Å². The highest BCUT2D eigenvalue weighted by Gasteiger charge is 2.20. The lowest BCUT2D eigenvalue weighted by Crippen LogP contribution is -2.24. The van der Waals surface area contributed by atoms with Crippen molar-refractivity contribution in [1.82, 2.24) is 5.32 Å². The van der Waals surface area contributed by atoms with Gasteiger partial charge in [0.25, 0.3) is 5.91 Å². The SMILES string of the molecule is Nc1cc(C(=O)NCCCC2CC2)ccc1F. The van der Waals surface area contributed by atoms with E-state index in [9.17, 15) is 9.18 Å². The molecule has 0 aliphatic heterocycles. The number of anilines is 1. The Balaban J connectivity index is 1.79. The molecule has 0 spiro atoms. The van der Waals surface area contributed by atoms with Gasteiger partial charge in [-0.3, -0.25) is 4.79 Å². The van der Waals surface area contributed by atoms with Crippen LogP contribution < -0.4 is 11.1 Å². The van der Waals surface area contributed by atoms with Gasteiger partial charge >= 0.3 is 0 Å². The average molecular weight is 236 g/mol. The summed E-state index contributed by atoms with van der Waals surface area (Å²) in [6, 6.07) is 4.03. The van der Waals surface area contributed by atoms with E-state index in [-0.39, 0.29) is 11.6 Å². The molecule has 1 fully saturated rings. The lowest BCUT2D eigenvalue weighted by atomic mass is 10.1. The van der Waals surface area contributed by atoms with Crippen LogP contribution in [0.15, 0.2) is 18.2 Å². The Labute approximate surface area is 100 Å². The maximum Gasteiger partial charge on any atom is 0.251 e. The molecule has 0 aromatic heterocycles. The van der Waals surface area contributed by atoms with Gasteiger partial charge in [-0.2, -0.15) is 0 Å². The van der Waals surface area contributed by atoms with Crippen LogP contribution in [-0.2, 0) is 0 Å². The largest absolute Gasteiger partial charge is 0.396 e. The van der Waals surface area contributed by atoms with Crippen molar-refractivity contribution in [3.63, 3.8) is 0 Å². The first kappa shape index (κ1) is 11.9. The van der Waals surface area contributed by atoms with Crippen LogP contribution in [0.3, 0.4) is 0 Å². The van der Waals surface area contributed by atoms with E-state index in [1.807, 2.05) is 0 Å². The highest BCUT2D eigenvalue weighted by atomic mass is 19.1. The summed E-state index contributed by atoms with van der Waals surface area (Å²) in [5.74, 6) is 0.205. The van der Waals surface area contributed by atoms with Crippen LogP contribution in [0.1, 0.15) is 36.0 Å². The Bertz CT molecular complexity index is 416. The molecule has 0 unspecified atom stereocenters. The molecule has 0 atom stereocenters. The number of hydrogen-bond acceptors (Lipinski definition) is 2. The monoisotopic (exact) mass is 236 g/mol. The molecule has 2 rings (SSSR count). The zero-order valence-corrected chi connectivity index (χ0v) is 9.71. The van der Waals surface area contributed by atoms with Crippen molar-refractivity contribution in [1.29, 1.82) is 0 Å². The minimum atomic E-state index is -0.490. The number of benzene rings is 1.